The number of hydrogen-bond acceptors (Lipinski definition) is 4. The number of amides is 1. The monoisotopic (exact) mass is 450 g/mol. The molecule has 1 aliphatic rings. The summed E-state index contributed by atoms with van der Waals surface area (Å²) < 4.78 is 6.40. The van der Waals surface area contributed by atoms with Crippen LogP contribution in [0, 0.1) is 5.92 Å². The number of benzene rings is 2. The van der Waals surface area contributed by atoms with Crippen LogP contribution in [0.5, 0.6) is 0 Å². The number of rotatable bonds is 6. The van der Waals surface area contributed by atoms with Gasteiger partial charge in [-0.25, -0.2) is 0 Å². The number of aliphatic hydroxyl groups excluding tert-OH is 1. The van der Waals surface area contributed by atoms with Crippen LogP contribution >= 0.6 is 11.8 Å². The van der Waals surface area contributed by atoms with Crippen molar-refractivity contribution in [1.29, 1.82) is 0 Å². The molecule has 2 aromatic carbocycles. The number of carbonyl (C=O) groups excluding carboxylic acids is 1. The van der Waals surface area contributed by atoms with Gasteiger partial charge in [0, 0.05) is 0 Å². The molecule has 0 aliphatic carbocycles. The molecular weight excluding hydrogens is 426 g/mol. The van der Waals surface area contributed by atoms with Crippen molar-refractivity contribution in [3.8, 4) is 0 Å². The number of thioether (sulfide) groups is 1. The van der Waals surface area contributed by atoms with Crippen molar-refractivity contribution in [3.05, 3.63) is 66.2 Å². The zero-order valence-electron chi connectivity index (χ0n) is 15.3. The van der Waals surface area contributed by atoms with Crippen molar-refractivity contribution in [1.82, 2.24) is 4.90 Å². The van der Waals surface area contributed by atoms with Crippen LogP contribution in [-0.2, 0) is 9.53 Å². The summed E-state index contributed by atoms with van der Waals surface area (Å²) in [5.41, 5.74) is 1.03. The van der Waals surface area contributed by atoms with Crippen LogP contribution in [0.2, 0.25) is 0 Å². The van der Waals surface area contributed by atoms with Crippen LogP contribution < -0.4 is 0 Å². The molecule has 142 valence electrons. The summed E-state index contributed by atoms with van der Waals surface area (Å²) in [5, 5.41) is 10.5. The van der Waals surface area contributed by atoms with Gasteiger partial charge in [0.15, 0.2) is 0 Å². The predicted molar refractivity (Wildman–Crippen MR) is 110 cm³/mol. The zero-order valence-corrected chi connectivity index (χ0v) is 17.8. The van der Waals surface area contributed by atoms with Crippen molar-refractivity contribution >= 4 is 38.0 Å². The van der Waals surface area contributed by atoms with Gasteiger partial charge in [-0.2, -0.15) is 0 Å². The first-order valence-corrected chi connectivity index (χ1v) is 10.8. The van der Waals surface area contributed by atoms with E-state index in [9.17, 15) is 9.90 Å². The van der Waals surface area contributed by atoms with Crippen LogP contribution in [-0.4, -0.2) is 54.1 Å². The molecule has 0 spiro atoms. The molecule has 4 atom stereocenters. The molecule has 1 N–H and O–H groups in total. The molecule has 3 rings (SSSR count). The maximum atomic E-state index is 13.0. The van der Waals surface area contributed by atoms with Crippen LogP contribution in [0.25, 0.3) is 0 Å². The fourth-order valence-corrected chi connectivity index (χ4v) is 4.83. The molecule has 4 nitrogen and oxygen atoms in total. The van der Waals surface area contributed by atoms with Crippen molar-refractivity contribution < 1.29 is 14.6 Å². The summed E-state index contributed by atoms with van der Waals surface area (Å²) in [6.07, 6.45) is -0.951. The molecule has 1 aliphatic heterocycles. The summed E-state index contributed by atoms with van der Waals surface area (Å²) in [4.78, 5) is 15.7. The van der Waals surface area contributed by atoms with Gasteiger partial charge in [-0.3, -0.25) is 0 Å². The minimum absolute atomic E-state index is 0.129. The van der Waals surface area contributed by atoms with E-state index >= 15 is 0 Å². The molecule has 2 aromatic rings. The fourth-order valence-electron chi connectivity index (χ4n) is 3.07. The summed E-state index contributed by atoms with van der Waals surface area (Å²) in [6, 6.07) is 19.6. The van der Waals surface area contributed by atoms with Gasteiger partial charge in [0.1, 0.15) is 0 Å². The molecule has 0 radical (unpaired) electrons. The average Bonchev–Trinajstić information content (AvgIpc) is 3.00. The normalized spacial score (nSPS) is 21.6. The van der Waals surface area contributed by atoms with Crippen LogP contribution in [0.3, 0.4) is 0 Å². The van der Waals surface area contributed by atoms with E-state index in [1.165, 1.54) is 0 Å². The first kappa shape index (κ1) is 20.2. The number of aliphatic hydroxyl groups is 1. The van der Waals surface area contributed by atoms with E-state index < -0.39 is 12.0 Å². The summed E-state index contributed by atoms with van der Waals surface area (Å²) >= 11 is 4.41. The number of carbonyl (C=O) groups is 1. The molecule has 1 saturated heterocycles. The molecular formula is C21H23NO3SSe. The Bertz CT molecular complexity index is 787. The summed E-state index contributed by atoms with van der Waals surface area (Å²) in [5.74, 6) is -0.189. The Labute approximate surface area is 172 Å². The first-order valence-electron chi connectivity index (χ1n) is 8.93. The van der Waals surface area contributed by atoms with Crippen molar-refractivity contribution in [2.45, 2.75) is 37.0 Å². The van der Waals surface area contributed by atoms with Gasteiger partial charge in [-0.15, -0.1) is 0 Å². The van der Waals surface area contributed by atoms with E-state index in [-0.39, 0.29) is 18.1 Å². The second kappa shape index (κ2) is 9.07. The Balaban J connectivity index is 1.64. The van der Waals surface area contributed by atoms with Gasteiger partial charge >= 0.3 is 172 Å². The molecule has 27 heavy (non-hydrogen) atoms. The Kier molecular flexibility index (Phi) is 6.77. The van der Waals surface area contributed by atoms with Crippen molar-refractivity contribution in [2.75, 3.05) is 5.75 Å². The van der Waals surface area contributed by atoms with Gasteiger partial charge in [0.25, 0.3) is 0 Å². The van der Waals surface area contributed by atoms with Crippen LogP contribution in [0.1, 0.15) is 25.5 Å². The van der Waals surface area contributed by atoms with Gasteiger partial charge in [0.05, 0.1) is 0 Å². The van der Waals surface area contributed by atoms with Gasteiger partial charge in [-0.05, 0) is 0 Å². The van der Waals surface area contributed by atoms with Crippen LogP contribution in [0.15, 0.2) is 65.6 Å². The van der Waals surface area contributed by atoms with E-state index in [0.29, 0.717) is 10.5 Å². The first-order chi connectivity index (χ1) is 13.0. The SMILES string of the molecule is C[C@@H](C(=O)N1C(=[Se])O[C@H](c2ccccc2)[C@@H]1C)[C@@H](O)[13CH2]Sc1ccccc1. The van der Waals surface area contributed by atoms with Gasteiger partial charge in [-0.1, -0.05) is 0 Å². The zero-order chi connectivity index (χ0) is 19.4. The van der Waals surface area contributed by atoms with E-state index in [2.05, 4.69) is 15.6 Å². The molecule has 0 aromatic heterocycles. The second-order valence-corrected chi connectivity index (χ2v) is 8.47. The maximum absolute atomic E-state index is 13.0. The van der Waals surface area contributed by atoms with Crippen molar-refractivity contribution in [2.24, 2.45) is 5.92 Å². The Morgan fingerprint density at radius 2 is 1.78 bits per heavy atom. The fraction of sp³-hybridized carbons (Fsp3) is 0.333. The molecule has 0 saturated carbocycles. The van der Waals surface area contributed by atoms with Gasteiger partial charge in [0.2, 0.25) is 0 Å². The molecule has 0 unspecified atom stereocenters. The second-order valence-electron chi connectivity index (χ2n) is 6.64. The third kappa shape index (κ3) is 4.64. The predicted octanol–water partition coefficient (Wildman–Crippen LogP) is 3.02. The Morgan fingerprint density at radius 1 is 1.19 bits per heavy atom. The topological polar surface area (TPSA) is 49.8 Å². The summed E-state index contributed by atoms with van der Waals surface area (Å²) in [7, 11) is 0. The number of nitrogens with zero attached hydrogens (tertiary/aromatic N) is 1. The van der Waals surface area contributed by atoms with E-state index in [1.807, 2.05) is 67.6 Å². The van der Waals surface area contributed by atoms with E-state index in [4.69, 9.17) is 4.74 Å². The molecule has 1 heterocycles. The standard InChI is InChI=1S/C21H23NO3SSe/c1-14(18(23)13-26-17-11-7-4-8-12-17)20(24)22-15(2)19(25-21(22)27)16-9-5-3-6-10-16/h3-12,14-15,18-19,23H,13H2,1-2H3/t14-,15+,18+,19+/m1/s1/i13+1. The molecule has 1 fully saturated rings. The number of ether oxygens (including phenoxy) is 1. The minimum atomic E-state index is -0.738. The molecule has 0 bridgehead atoms. The Morgan fingerprint density at radius 3 is 2.41 bits per heavy atom. The number of hydrogen-bond donors (Lipinski definition) is 1. The van der Waals surface area contributed by atoms with E-state index in [1.54, 1.807) is 23.6 Å². The third-order valence-electron chi connectivity index (χ3n) is 4.77. The van der Waals surface area contributed by atoms with E-state index in [0.717, 1.165) is 10.5 Å². The van der Waals surface area contributed by atoms with Crippen molar-refractivity contribution in [3.63, 3.8) is 0 Å². The van der Waals surface area contributed by atoms with Gasteiger partial charge < -0.3 is 0 Å². The third-order valence-corrected chi connectivity index (χ3v) is 6.49. The summed E-state index contributed by atoms with van der Waals surface area (Å²) in [6.45, 7) is 3.74. The molecule has 6 heteroatoms. The van der Waals surface area contributed by atoms with Crippen LogP contribution in [0.4, 0.5) is 0 Å². The Hall–Kier alpha value is -1.59. The average molecular weight is 449 g/mol. The quantitative estimate of drug-likeness (QED) is 0.419. The molecule has 1 amide bonds.